The molecule has 0 saturated carbocycles. The SMILES string of the molecule is CCc1c2c(c3c([nH]c4cccc(OC)c43)c1C)C(=O)N(CN1CCN(C)CC1)C2=O. The van der Waals surface area contributed by atoms with Crippen LogP contribution in [-0.2, 0) is 6.42 Å². The third-order valence-corrected chi connectivity index (χ3v) is 6.84. The molecule has 7 heteroatoms. The molecule has 0 bridgehead atoms. The van der Waals surface area contributed by atoms with Gasteiger partial charge in [-0.25, -0.2) is 0 Å². The number of methoxy groups -OCH3 is 1. The molecule has 1 saturated heterocycles. The summed E-state index contributed by atoms with van der Waals surface area (Å²) in [6.07, 6.45) is 0.692. The molecule has 2 aliphatic heterocycles. The fraction of sp³-hybridized carbons (Fsp3) is 0.417. The maximum absolute atomic E-state index is 13.7. The number of H-pyrrole nitrogens is 1. The summed E-state index contributed by atoms with van der Waals surface area (Å²) >= 11 is 0. The van der Waals surface area contributed by atoms with E-state index in [2.05, 4.69) is 21.8 Å². The zero-order valence-electron chi connectivity index (χ0n) is 18.5. The number of nitrogens with one attached hydrogen (secondary N) is 1. The number of likely N-dealkylation sites (N-methyl/N-ethyl adjacent to an activating group) is 1. The third-order valence-electron chi connectivity index (χ3n) is 6.84. The number of hydrogen-bond acceptors (Lipinski definition) is 5. The Morgan fingerprint density at radius 1 is 1.03 bits per heavy atom. The molecule has 0 radical (unpaired) electrons. The van der Waals surface area contributed by atoms with E-state index in [1.165, 1.54) is 4.90 Å². The van der Waals surface area contributed by atoms with Gasteiger partial charge in [0.1, 0.15) is 5.75 Å². The highest BCUT2D eigenvalue weighted by molar-refractivity contribution is 6.31. The summed E-state index contributed by atoms with van der Waals surface area (Å²) in [6, 6.07) is 5.81. The van der Waals surface area contributed by atoms with Crippen molar-refractivity contribution < 1.29 is 14.3 Å². The second-order valence-electron chi connectivity index (χ2n) is 8.57. The molecule has 5 rings (SSSR count). The summed E-state index contributed by atoms with van der Waals surface area (Å²) in [5, 5.41) is 1.67. The van der Waals surface area contributed by atoms with Crippen molar-refractivity contribution in [2.24, 2.45) is 0 Å². The van der Waals surface area contributed by atoms with Gasteiger partial charge in [0, 0.05) is 31.6 Å². The van der Waals surface area contributed by atoms with E-state index in [9.17, 15) is 9.59 Å². The van der Waals surface area contributed by atoms with Crippen molar-refractivity contribution in [1.29, 1.82) is 0 Å². The normalized spacial score (nSPS) is 17.9. The summed E-state index contributed by atoms with van der Waals surface area (Å²) in [4.78, 5) is 36.6. The number of rotatable bonds is 4. The van der Waals surface area contributed by atoms with Gasteiger partial charge < -0.3 is 14.6 Å². The van der Waals surface area contributed by atoms with E-state index >= 15 is 0 Å². The van der Waals surface area contributed by atoms with Gasteiger partial charge in [0.15, 0.2) is 0 Å². The van der Waals surface area contributed by atoms with E-state index in [-0.39, 0.29) is 11.8 Å². The summed E-state index contributed by atoms with van der Waals surface area (Å²) in [6.45, 7) is 7.98. The van der Waals surface area contributed by atoms with Gasteiger partial charge in [-0.2, -0.15) is 0 Å². The van der Waals surface area contributed by atoms with Crippen LogP contribution in [0.1, 0.15) is 38.8 Å². The van der Waals surface area contributed by atoms with E-state index in [1.54, 1.807) is 7.11 Å². The smallest absolute Gasteiger partial charge is 0.263 e. The molecule has 3 heterocycles. The Kier molecular flexibility index (Phi) is 4.75. The highest BCUT2D eigenvalue weighted by Crippen LogP contribution is 2.42. The molecular formula is C24H28N4O3. The van der Waals surface area contributed by atoms with Gasteiger partial charge in [-0.15, -0.1) is 0 Å². The van der Waals surface area contributed by atoms with Crippen LogP contribution < -0.4 is 4.74 Å². The molecule has 2 amide bonds. The lowest BCUT2D eigenvalue weighted by Crippen LogP contribution is -2.50. The van der Waals surface area contributed by atoms with Crippen molar-refractivity contribution in [2.45, 2.75) is 20.3 Å². The number of aromatic nitrogens is 1. The summed E-state index contributed by atoms with van der Waals surface area (Å²) in [5.41, 5.74) is 4.89. The van der Waals surface area contributed by atoms with Crippen molar-refractivity contribution in [3.05, 3.63) is 40.5 Å². The van der Waals surface area contributed by atoms with Crippen LogP contribution in [0.25, 0.3) is 21.8 Å². The Morgan fingerprint density at radius 2 is 1.74 bits per heavy atom. The van der Waals surface area contributed by atoms with Crippen LogP contribution >= 0.6 is 0 Å². The van der Waals surface area contributed by atoms with Crippen molar-refractivity contribution in [3.8, 4) is 5.75 Å². The van der Waals surface area contributed by atoms with Crippen molar-refractivity contribution in [2.75, 3.05) is 47.0 Å². The number of amides is 2. The molecule has 0 spiro atoms. The third kappa shape index (κ3) is 2.87. The van der Waals surface area contributed by atoms with Gasteiger partial charge in [-0.3, -0.25) is 19.4 Å². The molecule has 1 N–H and O–H groups in total. The van der Waals surface area contributed by atoms with Crippen LogP contribution in [0, 0.1) is 6.92 Å². The van der Waals surface area contributed by atoms with Crippen molar-refractivity contribution in [1.82, 2.24) is 19.7 Å². The molecule has 162 valence electrons. The number of piperazine rings is 1. The average Bonchev–Trinajstić information content (AvgIpc) is 3.27. The molecule has 2 aromatic carbocycles. The molecule has 2 aliphatic rings. The van der Waals surface area contributed by atoms with Crippen LogP contribution in [0.3, 0.4) is 0 Å². The van der Waals surface area contributed by atoms with E-state index in [4.69, 9.17) is 4.74 Å². The number of aryl methyl sites for hydroxylation is 1. The monoisotopic (exact) mass is 420 g/mol. The van der Waals surface area contributed by atoms with Crippen molar-refractivity contribution >= 4 is 33.6 Å². The quantitative estimate of drug-likeness (QED) is 0.657. The molecule has 0 aliphatic carbocycles. The Hall–Kier alpha value is -2.90. The van der Waals surface area contributed by atoms with Gasteiger partial charge in [0.05, 0.1) is 41.3 Å². The number of carbonyl (C=O) groups excluding carboxylic acids is 2. The number of fused-ring (bicyclic) bond motifs is 5. The number of benzene rings is 2. The Morgan fingerprint density at radius 3 is 2.42 bits per heavy atom. The molecule has 0 unspecified atom stereocenters. The minimum atomic E-state index is -0.203. The molecule has 0 atom stereocenters. The topological polar surface area (TPSA) is 68.9 Å². The zero-order valence-corrected chi connectivity index (χ0v) is 18.5. The minimum Gasteiger partial charge on any atom is -0.496 e. The fourth-order valence-corrected chi connectivity index (χ4v) is 5.10. The highest BCUT2D eigenvalue weighted by atomic mass is 16.5. The largest absolute Gasteiger partial charge is 0.496 e. The Labute approximate surface area is 181 Å². The predicted octanol–water partition coefficient (Wildman–Crippen LogP) is 3.00. The van der Waals surface area contributed by atoms with E-state index < -0.39 is 0 Å². The molecule has 1 fully saturated rings. The van der Waals surface area contributed by atoms with Gasteiger partial charge >= 0.3 is 0 Å². The number of nitrogens with zero attached hydrogens (tertiary/aromatic N) is 3. The molecular weight excluding hydrogens is 392 g/mol. The van der Waals surface area contributed by atoms with E-state index in [0.717, 1.165) is 59.1 Å². The number of carbonyl (C=O) groups is 2. The molecule has 1 aromatic heterocycles. The maximum Gasteiger partial charge on any atom is 0.263 e. The van der Waals surface area contributed by atoms with Crippen LogP contribution in [0.15, 0.2) is 18.2 Å². The van der Waals surface area contributed by atoms with Crippen LogP contribution in [-0.4, -0.2) is 78.5 Å². The summed E-state index contributed by atoms with van der Waals surface area (Å²) in [7, 11) is 3.73. The van der Waals surface area contributed by atoms with Gasteiger partial charge in [0.25, 0.3) is 11.8 Å². The van der Waals surface area contributed by atoms with Crippen LogP contribution in [0.4, 0.5) is 0 Å². The molecule has 3 aromatic rings. The zero-order chi connectivity index (χ0) is 21.9. The van der Waals surface area contributed by atoms with Crippen LogP contribution in [0.5, 0.6) is 5.75 Å². The van der Waals surface area contributed by atoms with Crippen LogP contribution in [0.2, 0.25) is 0 Å². The van der Waals surface area contributed by atoms with Gasteiger partial charge in [0.2, 0.25) is 0 Å². The van der Waals surface area contributed by atoms with Gasteiger partial charge in [-0.1, -0.05) is 13.0 Å². The average molecular weight is 421 g/mol. The Bertz CT molecular complexity index is 1220. The summed E-state index contributed by atoms with van der Waals surface area (Å²) in [5.74, 6) is 0.322. The van der Waals surface area contributed by atoms with E-state index in [0.29, 0.717) is 30.0 Å². The molecule has 7 nitrogen and oxygen atoms in total. The lowest BCUT2D eigenvalue weighted by Gasteiger charge is -2.34. The number of hydrogen-bond donors (Lipinski definition) is 1. The van der Waals surface area contributed by atoms with Gasteiger partial charge in [-0.05, 0) is 43.7 Å². The standard InChI is InChI=1S/C24H28N4O3/c1-5-15-14(2)22-20(19-16(25-22)7-6-8-17(19)31-4)21-18(15)23(29)28(24(21)30)13-27-11-9-26(3)10-12-27/h6-8,25H,5,9-13H2,1-4H3. The number of imide groups is 1. The highest BCUT2D eigenvalue weighted by Gasteiger charge is 2.41. The second kappa shape index (κ2) is 7.35. The molecule has 31 heavy (non-hydrogen) atoms. The lowest BCUT2D eigenvalue weighted by atomic mass is 9.91. The predicted molar refractivity (Wildman–Crippen MR) is 121 cm³/mol. The first kappa shape index (κ1) is 20.0. The first-order valence-corrected chi connectivity index (χ1v) is 10.9. The fourth-order valence-electron chi connectivity index (χ4n) is 5.10. The first-order chi connectivity index (χ1) is 15.0. The second-order valence-corrected chi connectivity index (χ2v) is 8.57. The Balaban J connectivity index is 1.71. The number of aromatic amines is 1. The van der Waals surface area contributed by atoms with Crippen molar-refractivity contribution in [3.63, 3.8) is 0 Å². The van der Waals surface area contributed by atoms with E-state index in [1.807, 2.05) is 32.0 Å². The summed E-state index contributed by atoms with van der Waals surface area (Å²) < 4.78 is 5.63. The maximum atomic E-state index is 13.7. The first-order valence-electron chi connectivity index (χ1n) is 10.9. The lowest BCUT2D eigenvalue weighted by molar-refractivity contribution is 0.0476. The number of ether oxygens (including phenoxy) is 1. The minimum absolute atomic E-state index is 0.176.